The molecule has 28 heavy (non-hydrogen) atoms. The first-order valence-corrected chi connectivity index (χ1v) is 10.7. The lowest BCUT2D eigenvalue weighted by Crippen LogP contribution is -2.35. The Bertz CT molecular complexity index is 909. The molecule has 0 unspecified atom stereocenters. The summed E-state index contributed by atoms with van der Waals surface area (Å²) in [6.45, 7) is 0.992. The van der Waals surface area contributed by atoms with Gasteiger partial charge in [0.1, 0.15) is 18.1 Å². The number of Topliss-reactive ketones (excluding diaryl/α,β-unsaturated/α-hetero) is 1. The molecule has 0 amide bonds. The minimum absolute atomic E-state index is 0.0606. The number of carbonyl (C=O) groups is 1. The van der Waals surface area contributed by atoms with E-state index in [0.29, 0.717) is 30.1 Å². The van der Waals surface area contributed by atoms with Crippen molar-refractivity contribution in [1.29, 1.82) is 0 Å². The SMILES string of the molecule is COc1ccc(S(=O)(=O)N2CCCCC2)cc1COCC(=O)c1ccccn1. The average Bonchev–Trinajstić information content (AvgIpc) is 2.74. The van der Waals surface area contributed by atoms with Crippen molar-refractivity contribution >= 4 is 15.8 Å². The predicted octanol–water partition coefficient (Wildman–Crippen LogP) is 2.66. The van der Waals surface area contributed by atoms with Crippen molar-refractivity contribution in [2.45, 2.75) is 30.8 Å². The molecule has 1 aromatic carbocycles. The summed E-state index contributed by atoms with van der Waals surface area (Å²) in [5, 5.41) is 0. The Morgan fingerprint density at radius 1 is 1.14 bits per heavy atom. The fourth-order valence-electron chi connectivity index (χ4n) is 3.14. The second kappa shape index (κ2) is 9.27. The number of nitrogens with zero attached hydrogens (tertiary/aromatic N) is 2. The van der Waals surface area contributed by atoms with E-state index >= 15 is 0 Å². The number of piperidine rings is 1. The fourth-order valence-corrected chi connectivity index (χ4v) is 4.71. The first-order chi connectivity index (χ1) is 13.5. The van der Waals surface area contributed by atoms with Crippen LogP contribution in [-0.2, 0) is 21.4 Å². The van der Waals surface area contributed by atoms with E-state index in [4.69, 9.17) is 9.47 Å². The molecular weight excluding hydrogens is 380 g/mol. The Balaban J connectivity index is 1.71. The summed E-state index contributed by atoms with van der Waals surface area (Å²) < 4.78 is 38.1. The molecule has 0 radical (unpaired) electrons. The van der Waals surface area contributed by atoms with Crippen LogP contribution in [0.2, 0.25) is 0 Å². The second-order valence-corrected chi connectivity index (χ2v) is 8.51. The second-order valence-electron chi connectivity index (χ2n) is 6.57. The Morgan fingerprint density at radius 2 is 1.93 bits per heavy atom. The highest BCUT2D eigenvalue weighted by Crippen LogP contribution is 2.26. The highest BCUT2D eigenvalue weighted by Gasteiger charge is 2.26. The molecule has 1 fully saturated rings. The Labute approximate surface area is 165 Å². The summed E-state index contributed by atoms with van der Waals surface area (Å²) >= 11 is 0. The number of hydrogen-bond donors (Lipinski definition) is 0. The summed E-state index contributed by atoms with van der Waals surface area (Å²) in [4.78, 5) is 16.3. The minimum Gasteiger partial charge on any atom is -0.496 e. The van der Waals surface area contributed by atoms with Crippen LogP contribution in [0, 0.1) is 0 Å². The summed E-state index contributed by atoms with van der Waals surface area (Å²) in [5.41, 5.74) is 0.908. The summed E-state index contributed by atoms with van der Waals surface area (Å²) in [7, 11) is -2.04. The van der Waals surface area contributed by atoms with Gasteiger partial charge in [-0.3, -0.25) is 9.78 Å². The molecule has 3 rings (SSSR count). The number of sulfonamides is 1. The monoisotopic (exact) mass is 404 g/mol. The Morgan fingerprint density at radius 3 is 2.61 bits per heavy atom. The van der Waals surface area contributed by atoms with E-state index in [9.17, 15) is 13.2 Å². The molecule has 1 aromatic heterocycles. The van der Waals surface area contributed by atoms with Gasteiger partial charge in [-0.25, -0.2) is 8.42 Å². The molecule has 0 spiro atoms. The fraction of sp³-hybridized carbons (Fsp3) is 0.400. The van der Waals surface area contributed by atoms with Crippen molar-refractivity contribution in [2.75, 3.05) is 26.8 Å². The molecule has 1 saturated heterocycles. The van der Waals surface area contributed by atoms with E-state index in [1.165, 1.54) is 11.4 Å². The highest BCUT2D eigenvalue weighted by atomic mass is 32.2. The first-order valence-electron chi connectivity index (χ1n) is 9.21. The largest absolute Gasteiger partial charge is 0.496 e. The third kappa shape index (κ3) is 4.76. The van der Waals surface area contributed by atoms with E-state index in [0.717, 1.165) is 19.3 Å². The van der Waals surface area contributed by atoms with E-state index < -0.39 is 10.0 Å². The standard InChI is InChI=1S/C20H24N2O5S/c1-26-20-9-8-17(28(24,25)22-11-5-2-6-12-22)13-16(20)14-27-15-19(23)18-7-3-4-10-21-18/h3-4,7-10,13H,2,5-6,11-12,14-15H2,1H3. The van der Waals surface area contributed by atoms with Crippen LogP contribution in [0.1, 0.15) is 35.3 Å². The number of ether oxygens (including phenoxy) is 2. The molecule has 7 nitrogen and oxygen atoms in total. The first kappa shape index (κ1) is 20.4. The number of pyridine rings is 1. The molecule has 0 N–H and O–H groups in total. The molecule has 8 heteroatoms. The van der Waals surface area contributed by atoms with Gasteiger partial charge in [0, 0.05) is 24.8 Å². The number of benzene rings is 1. The molecule has 150 valence electrons. The van der Waals surface area contributed by atoms with E-state index in [-0.39, 0.29) is 23.9 Å². The lowest BCUT2D eigenvalue weighted by Gasteiger charge is -2.26. The molecule has 2 aromatic rings. The van der Waals surface area contributed by atoms with Gasteiger partial charge in [0.2, 0.25) is 15.8 Å². The highest BCUT2D eigenvalue weighted by molar-refractivity contribution is 7.89. The van der Waals surface area contributed by atoms with Crippen molar-refractivity contribution in [3.05, 3.63) is 53.9 Å². The molecule has 0 aliphatic carbocycles. The lowest BCUT2D eigenvalue weighted by atomic mass is 10.2. The van der Waals surface area contributed by atoms with Gasteiger partial charge in [-0.05, 0) is 43.2 Å². The predicted molar refractivity (Wildman–Crippen MR) is 104 cm³/mol. The van der Waals surface area contributed by atoms with E-state index in [1.54, 1.807) is 42.6 Å². The Kier molecular flexibility index (Phi) is 6.77. The van der Waals surface area contributed by atoms with Gasteiger partial charge in [0.25, 0.3) is 0 Å². The Hall–Kier alpha value is -2.29. The summed E-state index contributed by atoms with van der Waals surface area (Å²) in [6, 6.07) is 9.82. The van der Waals surface area contributed by atoms with E-state index in [1.807, 2.05) is 0 Å². The maximum atomic E-state index is 12.9. The molecule has 1 aliphatic heterocycles. The lowest BCUT2D eigenvalue weighted by molar-refractivity contribution is 0.0717. The van der Waals surface area contributed by atoms with Crippen LogP contribution < -0.4 is 4.74 Å². The summed E-state index contributed by atoms with van der Waals surface area (Å²) in [6.07, 6.45) is 4.35. The molecule has 2 heterocycles. The van der Waals surface area contributed by atoms with Gasteiger partial charge < -0.3 is 9.47 Å². The quantitative estimate of drug-likeness (QED) is 0.629. The van der Waals surface area contributed by atoms with Gasteiger partial charge in [-0.1, -0.05) is 12.5 Å². The van der Waals surface area contributed by atoms with Gasteiger partial charge in [-0.2, -0.15) is 4.31 Å². The summed E-state index contributed by atoms with van der Waals surface area (Å²) in [5.74, 6) is 0.277. The van der Waals surface area contributed by atoms with Crippen LogP contribution in [0.5, 0.6) is 5.75 Å². The smallest absolute Gasteiger partial charge is 0.243 e. The van der Waals surface area contributed by atoms with Crippen LogP contribution >= 0.6 is 0 Å². The zero-order chi connectivity index (χ0) is 20.0. The van der Waals surface area contributed by atoms with Crippen molar-refractivity contribution in [1.82, 2.24) is 9.29 Å². The third-order valence-electron chi connectivity index (χ3n) is 4.65. The van der Waals surface area contributed by atoms with Crippen LogP contribution in [-0.4, -0.2) is 50.3 Å². The third-order valence-corrected chi connectivity index (χ3v) is 6.54. The van der Waals surface area contributed by atoms with Crippen molar-refractivity contribution in [2.24, 2.45) is 0 Å². The van der Waals surface area contributed by atoms with Crippen molar-refractivity contribution in [3.63, 3.8) is 0 Å². The van der Waals surface area contributed by atoms with Crippen LogP contribution in [0.4, 0.5) is 0 Å². The van der Waals surface area contributed by atoms with Gasteiger partial charge in [0.05, 0.1) is 18.6 Å². The topological polar surface area (TPSA) is 85.8 Å². The maximum Gasteiger partial charge on any atom is 0.243 e. The number of aromatic nitrogens is 1. The van der Waals surface area contributed by atoms with Crippen LogP contribution in [0.15, 0.2) is 47.5 Å². The van der Waals surface area contributed by atoms with Gasteiger partial charge >= 0.3 is 0 Å². The number of hydrogen-bond acceptors (Lipinski definition) is 6. The molecule has 1 aliphatic rings. The van der Waals surface area contributed by atoms with Crippen molar-refractivity contribution in [3.8, 4) is 5.75 Å². The molecule has 0 bridgehead atoms. The molecule has 0 atom stereocenters. The van der Waals surface area contributed by atoms with E-state index in [2.05, 4.69) is 4.98 Å². The number of methoxy groups -OCH3 is 1. The van der Waals surface area contributed by atoms with Crippen LogP contribution in [0.3, 0.4) is 0 Å². The normalized spacial score (nSPS) is 15.3. The van der Waals surface area contributed by atoms with Crippen LogP contribution in [0.25, 0.3) is 0 Å². The number of rotatable bonds is 8. The number of ketones is 1. The average molecular weight is 404 g/mol. The van der Waals surface area contributed by atoms with Crippen molar-refractivity contribution < 1.29 is 22.7 Å². The van der Waals surface area contributed by atoms with Gasteiger partial charge in [-0.15, -0.1) is 0 Å². The zero-order valence-corrected chi connectivity index (χ0v) is 16.7. The maximum absolute atomic E-state index is 12.9. The molecular formula is C20H24N2O5S. The van der Waals surface area contributed by atoms with Gasteiger partial charge in [0.15, 0.2) is 0 Å². The number of carbonyl (C=O) groups excluding carboxylic acids is 1. The minimum atomic E-state index is -3.55. The zero-order valence-electron chi connectivity index (χ0n) is 15.8. The molecule has 0 saturated carbocycles.